The molecule has 150 valence electrons. The number of aryl methyl sites for hydroxylation is 1. The van der Waals surface area contributed by atoms with E-state index in [9.17, 15) is 9.90 Å². The number of aromatic nitrogens is 1. The molecule has 0 spiro atoms. The molecule has 0 aliphatic carbocycles. The largest absolute Gasteiger partial charge is 0.507 e. The minimum absolute atomic E-state index is 0.141. The SMILES string of the molecule is Cc1ccc(C(=O)NC(=S)Nc2ccc3oc(-c4ccc(O)c(Br)c4)nc3c2)cc1. The second-order valence-corrected chi connectivity index (χ2v) is 7.90. The lowest BCUT2D eigenvalue weighted by atomic mass is 10.1. The number of nitrogens with one attached hydrogen (secondary N) is 2. The predicted octanol–water partition coefficient (Wildman–Crippen LogP) is 5.40. The molecule has 1 heterocycles. The number of anilines is 1. The van der Waals surface area contributed by atoms with E-state index in [-0.39, 0.29) is 16.8 Å². The van der Waals surface area contributed by atoms with Gasteiger partial charge in [-0.2, -0.15) is 0 Å². The van der Waals surface area contributed by atoms with Crippen LogP contribution in [-0.4, -0.2) is 21.1 Å². The van der Waals surface area contributed by atoms with Gasteiger partial charge in [0.25, 0.3) is 5.91 Å². The molecule has 0 aliphatic rings. The van der Waals surface area contributed by atoms with Crippen LogP contribution in [-0.2, 0) is 0 Å². The fourth-order valence-electron chi connectivity index (χ4n) is 2.81. The first-order valence-electron chi connectivity index (χ1n) is 8.97. The normalized spacial score (nSPS) is 10.7. The molecule has 4 rings (SSSR count). The zero-order valence-corrected chi connectivity index (χ0v) is 18.2. The number of rotatable bonds is 3. The summed E-state index contributed by atoms with van der Waals surface area (Å²) in [7, 11) is 0. The number of benzene rings is 3. The lowest BCUT2D eigenvalue weighted by molar-refractivity contribution is 0.0977. The van der Waals surface area contributed by atoms with Crippen LogP contribution >= 0.6 is 28.1 Å². The Morgan fingerprint density at radius 1 is 1.10 bits per heavy atom. The molecule has 3 N–H and O–H groups in total. The quantitative estimate of drug-likeness (QED) is 0.339. The Labute approximate surface area is 186 Å². The van der Waals surface area contributed by atoms with Crippen LogP contribution in [0.25, 0.3) is 22.6 Å². The van der Waals surface area contributed by atoms with Crippen molar-refractivity contribution in [3.05, 3.63) is 76.3 Å². The van der Waals surface area contributed by atoms with Crippen molar-refractivity contribution < 1.29 is 14.3 Å². The Bertz CT molecular complexity index is 1270. The van der Waals surface area contributed by atoms with E-state index in [1.165, 1.54) is 0 Å². The summed E-state index contributed by atoms with van der Waals surface area (Å²) >= 11 is 8.54. The first kappa shape index (κ1) is 20.1. The number of hydrogen-bond acceptors (Lipinski definition) is 5. The second kappa shape index (κ2) is 8.25. The monoisotopic (exact) mass is 481 g/mol. The first-order valence-corrected chi connectivity index (χ1v) is 10.2. The van der Waals surface area contributed by atoms with Gasteiger partial charge < -0.3 is 14.8 Å². The van der Waals surface area contributed by atoms with E-state index >= 15 is 0 Å². The number of carbonyl (C=O) groups excluding carboxylic acids is 1. The Morgan fingerprint density at radius 2 is 1.87 bits per heavy atom. The highest BCUT2D eigenvalue weighted by atomic mass is 79.9. The van der Waals surface area contributed by atoms with Crippen LogP contribution in [0.3, 0.4) is 0 Å². The van der Waals surface area contributed by atoms with Crippen molar-refractivity contribution >= 4 is 56.0 Å². The average Bonchev–Trinajstić information content (AvgIpc) is 3.13. The first-order chi connectivity index (χ1) is 14.4. The van der Waals surface area contributed by atoms with Crippen LogP contribution in [0.5, 0.6) is 5.75 Å². The van der Waals surface area contributed by atoms with Crippen LogP contribution in [0.1, 0.15) is 15.9 Å². The Hall–Kier alpha value is -3.23. The van der Waals surface area contributed by atoms with Crippen LogP contribution in [0, 0.1) is 6.92 Å². The lowest BCUT2D eigenvalue weighted by Crippen LogP contribution is -2.34. The smallest absolute Gasteiger partial charge is 0.257 e. The summed E-state index contributed by atoms with van der Waals surface area (Å²) in [6.07, 6.45) is 0. The number of aromatic hydroxyl groups is 1. The van der Waals surface area contributed by atoms with Crippen molar-refractivity contribution in [1.82, 2.24) is 10.3 Å². The van der Waals surface area contributed by atoms with Gasteiger partial charge in [0.1, 0.15) is 11.3 Å². The van der Waals surface area contributed by atoms with Crippen molar-refractivity contribution in [2.24, 2.45) is 0 Å². The molecule has 0 unspecified atom stereocenters. The number of hydrogen-bond donors (Lipinski definition) is 3. The van der Waals surface area contributed by atoms with Gasteiger partial charge >= 0.3 is 0 Å². The summed E-state index contributed by atoms with van der Waals surface area (Å²) < 4.78 is 6.35. The zero-order chi connectivity index (χ0) is 21.3. The molecule has 4 aromatic rings. The number of amides is 1. The van der Waals surface area contributed by atoms with Gasteiger partial charge in [0.2, 0.25) is 5.89 Å². The van der Waals surface area contributed by atoms with Gasteiger partial charge in [0, 0.05) is 16.8 Å². The van der Waals surface area contributed by atoms with E-state index < -0.39 is 0 Å². The summed E-state index contributed by atoms with van der Waals surface area (Å²) in [4.78, 5) is 16.8. The van der Waals surface area contributed by atoms with E-state index in [0.29, 0.717) is 32.7 Å². The number of carbonyl (C=O) groups is 1. The Balaban J connectivity index is 1.49. The van der Waals surface area contributed by atoms with Gasteiger partial charge in [-0.1, -0.05) is 17.7 Å². The Morgan fingerprint density at radius 3 is 2.60 bits per heavy atom. The number of fused-ring (bicyclic) bond motifs is 1. The van der Waals surface area contributed by atoms with Gasteiger partial charge in [-0.05, 0) is 83.6 Å². The van der Waals surface area contributed by atoms with Crippen LogP contribution in [0.15, 0.2) is 69.6 Å². The van der Waals surface area contributed by atoms with E-state index in [0.717, 1.165) is 11.1 Å². The highest BCUT2D eigenvalue weighted by Crippen LogP contribution is 2.31. The molecule has 0 fully saturated rings. The minimum Gasteiger partial charge on any atom is -0.507 e. The maximum absolute atomic E-state index is 12.3. The highest BCUT2D eigenvalue weighted by molar-refractivity contribution is 9.10. The molecule has 30 heavy (non-hydrogen) atoms. The number of nitrogens with zero attached hydrogens (tertiary/aromatic N) is 1. The number of phenols is 1. The van der Waals surface area contributed by atoms with Gasteiger partial charge in [0.15, 0.2) is 10.7 Å². The molecule has 3 aromatic carbocycles. The molecule has 0 saturated carbocycles. The maximum atomic E-state index is 12.3. The predicted molar refractivity (Wildman–Crippen MR) is 124 cm³/mol. The molecule has 6 nitrogen and oxygen atoms in total. The molecule has 1 amide bonds. The van der Waals surface area contributed by atoms with E-state index in [4.69, 9.17) is 16.6 Å². The fraction of sp³-hybridized carbons (Fsp3) is 0.0455. The minimum atomic E-state index is -0.282. The van der Waals surface area contributed by atoms with E-state index in [1.54, 1.807) is 48.5 Å². The highest BCUT2D eigenvalue weighted by Gasteiger charge is 2.12. The van der Waals surface area contributed by atoms with Crippen LogP contribution in [0.2, 0.25) is 0 Å². The summed E-state index contributed by atoms with van der Waals surface area (Å²) in [5.41, 5.74) is 4.24. The summed E-state index contributed by atoms with van der Waals surface area (Å²) in [5, 5.41) is 15.5. The van der Waals surface area contributed by atoms with Crippen LogP contribution < -0.4 is 10.6 Å². The summed E-state index contributed by atoms with van der Waals surface area (Å²) in [6.45, 7) is 1.96. The lowest BCUT2D eigenvalue weighted by Gasteiger charge is -2.09. The number of halogens is 1. The molecule has 0 radical (unpaired) electrons. The third-order valence-corrected chi connectivity index (χ3v) is 5.22. The molecule has 1 aromatic heterocycles. The van der Waals surface area contributed by atoms with Gasteiger partial charge in [-0.25, -0.2) is 4.98 Å². The second-order valence-electron chi connectivity index (χ2n) is 6.64. The molecular formula is C22H16BrN3O3S. The van der Waals surface area contributed by atoms with Crippen molar-refractivity contribution in [1.29, 1.82) is 0 Å². The Kier molecular flexibility index (Phi) is 5.52. The van der Waals surface area contributed by atoms with Gasteiger partial charge in [-0.3, -0.25) is 10.1 Å². The van der Waals surface area contributed by atoms with E-state index in [2.05, 4.69) is 31.5 Å². The molecule has 0 aliphatic heterocycles. The topological polar surface area (TPSA) is 87.4 Å². The summed E-state index contributed by atoms with van der Waals surface area (Å²) in [6, 6.07) is 17.6. The molecular weight excluding hydrogens is 466 g/mol. The third-order valence-electron chi connectivity index (χ3n) is 4.38. The number of oxazole rings is 1. The van der Waals surface area contributed by atoms with Gasteiger partial charge in [-0.15, -0.1) is 0 Å². The summed E-state index contributed by atoms with van der Waals surface area (Å²) in [5.74, 6) is 0.288. The van der Waals surface area contributed by atoms with Crippen molar-refractivity contribution in [2.75, 3.05) is 5.32 Å². The molecule has 0 atom stereocenters. The number of thiocarbonyl (C=S) groups is 1. The molecule has 0 bridgehead atoms. The van der Waals surface area contributed by atoms with E-state index in [1.807, 2.05) is 19.1 Å². The number of phenolic OH excluding ortho intramolecular Hbond substituents is 1. The average molecular weight is 482 g/mol. The molecule has 8 heteroatoms. The van der Waals surface area contributed by atoms with Crippen LogP contribution in [0.4, 0.5) is 5.69 Å². The van der Waals surface area contributed by atoms with Gasteiger partial charge in [0.05, 0.1) is 4.47 Å². The fourth-order valence-corrected chi connectivity index (χ4v) is 3.40. The third kappa shape index (κ3) is 4.34. The van der Waals surface area contributed by atoms with Crippen molar-refractivity contribution in [3.8, 4) is 17.2 Å². The van der Waals surface area contributed by atoms with Crippen molar-refractivity contribution in [2.45, 2.75) is 6.92 Å². The zero-order valence-electron chi connectivity index (χ0n) is 15.8. The van der Waals surface area contributed by atoms with Crippen molar-refractivity contribution in [3.63, 3.8) is 0 Å². The maximum Gasteiger partial charge on any atom is 0.257 e. The molecule has 0 saturated heterocycles. The standard InChI is InChI=1S/C22H16BrN3O3S/c1-12-2-4-13(5-3-12)20(28)26-22(30)24-15-7-9-19-17(11-15)25-21(29-19)14-6-8-18(27)16(23)10-14/h2-11,27H,1H3,(H2,24,26,28,30).